The summed E-state index contributed by atoms with van der Waals surface area (Å²) < 4.78 is 3.26. The average Bonchev–Trinajstić information content (AvgIpc) is 2.91. The Hall–Kier alpha value is -2.44. The van der Waals surface area contributed by atoms with Crippen LogP contribution in [0.4, 0.5) is 5.69 Å². The van der Waals surface area contributed by atoms with Crippen molar-refractivity contribution in [3.05, 3.63) is 24.4 Å². The zero-order chi connectivity index (χ0) is 12.0. The van der Waals surface area contributed by atoms with Crippen LogP contribution in [0.3, 0.4) is 0 Å². The summed E-state index contributed by atoms with van der Waals surface area (Å²) in [6.07, 6.45) is 4.92. The van der Waals surface area contributed by atoms with Gasteiger partial charge in [-0.1, -0.05) is 0 Å². The SMILES string of the molecule is Cc1c(-c2ncn(C)n2)nn2cncc2c1N. The molecule has 3 aromatic heterocycles. The number of nitrogens with zero attached hydrogens (tertiary/aromatic N) is 6. The summed E-state index contributed by atoms with van der Waals surface area (Å²) in [4.78, 5) is 8.20. The monoisotopic (exact) mass is 229 g/mol. The van der Waals surface area contributed by atoms with E-state index in [1.165, 1.54) is 0 Å². The molecule has 0 saturated heterocycles. The van der Waals surface area contributed by atoms with Crippen LogP contribution >= 0.6 is 0 Å². The van der Waals surface area contributed by atoms with E-state index in [2.05, 4.69) is 20.2 Å². The van der Waals surface area contributed by atoms with Crippen LogP contribution in [0, 0.1) is 6.92 Å². The molecule has 0 aromatic carbocycles. The number of aryl methyl sites for hydroxylation is 1. The fraction of sp³-hybridized carbons (Fsp3) is 0.200. The molecule has 0 aliphatic heterocycles. The highest BCUT2D eigenvalue weighted by atomic mass is 15.3. The Balaban J connectivity index is 2.32. The molecule has 3 aromatic rings. The Labute approximate surface area is 96.9 Å². The van der Waals surface area contributed by atoms with Crippen molar-refractivity contribution in [1.82, 2.24) is 29.4 Å². The van der Waals surface area contributed by atoms with E-state index < -0.39 is 0 Å². The fourth-order valence-electron chi connectivity index (χ4n) is 1.72. The van der Waals surface area contributed by atoms with Crippen molar-refractivity contribution >= 4 is 11.2 Å². The maximum absolute atomic E-state index is 6.04. The lowest BCUT2D eigenvalue weighted by atomic mass is 10.2. The van der Waals surface area contributed by atoms with E-state index in [0.29, 0.717) is 17.2 Å². The van der Waals surface area contributed by atoms with Crippen LogP contribution in [0.25, 0.3) is 17.0 Å². The molecule has 7 nitrogen and oxygen atoms in total. The predicted octanol–water partition coefficient (Wildman–Crippen LogP) is 0.415. The van der Waals surface area contributed by atoms with E-state index in [-0.39, 0.29) is 0 Å². The number of fused-ring (bicyclic) bond motifs is 1. The second kappa shape index (κ2) is 3.27. The molecule has 0 amide bonds. The molecule has 0 aliphatic carbocycles. The first-order valence-corrected chi connectivity index (χ1v) is 5.11. The van der Waals surface area contributed by atoms with Crippen LogP contribution in [0.1, 0.15) is 5.56 Å². The molecule has 2 N–H and O–H groups in total. The number of nitrogen functional groups attached to an aromatic ring is 1. The molecular weight excluding hydrogens is 218 g/mol. The van der Waals surface area contributed by atoms with Crippen molar-refractivity contribution in [3.8, 4) is 11.5 Å². The summed E-state index contributed by atoms with van der Waals surface area (Å²) in [5.74, 6) is 0.562. The summed E-state index contributed by atoms with van der Waals surface area (Å²) in [6.45, 7) is 1.90. The summed E-state index contributed by atoms with van der Waals surface area (Å²) in [5.41, 5.74) is 9.03. The van der Waals surface area contributed by atoms with Gasteiger partial charge in [-0.3, -0.25) is 4.68 Å². The van der Waals surface area contributed by atoms with Gasteiger partial charge >= 0.3 is 0 Å². The quantitative estimate of drug-likeness (QED) is 0.653. The number of anilines is 1. The maximum Gasteiger partial charge on any atom is 0.201 e. The molecule has 86 valence electrons. The van der Waals surface area contributed by atoms with E-state index in [9.17, 15) is 0 Å². The van der Waals surface area contributed by atoms with Gasteiger partial charge in [-0.15, -0.1) is 5.10 Å². The smallest absolute Gasteiger partial charge is 0.201 e. The normalized spacial score (nSPS) is 11.2. The molecule has 0 bridgehead atoms. The molecule has 0 spiro atoms. The maximum atomic E-state index is 6.04. The fourth-order valence-corrected chi connectivity index (χ4v) is 1.72. The van der Waals surface area contributed by atoms with Crippen LogP contribution in [-0.2, 0) is 7.05 Å². The molecule has 0 fully saturated rings. The van der Waals surface area contributed by atoms with Crippen LogP contribution in [-0.4, -0.2) is 29.4 Å². The van der Waals surface area contributed by atoms with Gasteiger partial charge in [-0.25, -0.2) is 14.5 Å². The number of rotatable bonds is 1. The molecule has 3 rings (SSSR count). The Morgan fingerprint density at radius 1 is 1.24 bits per heavy atom. The first-order valence-electron chi connectivity index (χ1n) is 5.11. The summed E-state index contributed by atoms with van der Waals surface area (Å²) in [5, 5.41) is 8.64. The van der Waals surface area contributed by atoms with Crippen molar-refractivity contribution < 1.29 is 0 Å². The van der Waals surface area contributed by atoms with Gasteiger partial charge in [-0.2, -0.15) is 5.10 Å². The molecule has 0 radical (unpaired) electrons. The molecule has 7 heteroatoms. The minimum absolute atomic E-state index is 0.562. The van der Waals surface area contributed by atoms with Gasteiger partial charge in [-0.05, 0) is 6.92 Å². The summed E-state index contributed by atoms with van der Waals surface area (Å²) in [6, 6.07) is 0. The molecule has 0 aliphatic rings. The highest BCUT2D eigenvalue weighted by Gasteiger charge is 2.14. The van der Waals surface area contributed by atoms with Crippen molar-refractivity contribution in [2.75, 3.05) is 5.73 Å². The number of hydrogen-bond donors (Lipinski definition) is 1. The molecule has 0 saturated carbocycles. The first kappa shape index (κ1) is 9.76. The van der Waals surface area contributed by atoms with Gasteiger partial charge in [0.05, 0.1) is 11.9 Å². The molecular formula is C10H11N7. The topological polar surface area (TPSA) is 86.9 Å². The van der Waals surface area contributed by atoms with Crippen molar-refractivity contribution in [2.45, 2.75) is 6.92 Å². The third kappa shape index (κ3) is 1.36. The standard InChI is InChI=1S/C10H11N7/c1-6-8(11)7-3-12-4-17(7)14-9(6)10-13-5-16(2)15-10/h3-5H,11H2,1-2H3. The third-order valence-corrected chi connectivity index (χ3v) is 2.67. The molecule has 0 atom stereocenters. The lowest BCUT2D eigenvalue weighted by molar-refractivity contribution is 0.765. The lowest BCUT2D eigenvalue weighted by Gasteiger charge is -2.06. The van der Waals surface area contributed by atoms with Gasteiger partial charge in [0.15, 0.2) is 0 Å². The van der Waals surface area contributed by atoms with Crippen molar-refractivity contribution in [2.24, 2.45) is 7.05 Å². The Kier molecular flexibility index (Phi) is 1.88. The van der Waals surface area contributed by atoms with Gasteiger partial charge in [0.25, 0.3) is 0 Å². The van der Waals surface area contributed by atoms with E-state index in [0.717, 1.165) is 11.1 Å². The average molecular weight is 229 g/mol. The third-order valence-electron chi connectivity index (χ3n) is 2.67. The Bertz CT molecular complexity index is 694. The van der Waals surface area contributed by atoms with Crippen LogP contribution in [0.5, 0.6) is 0 Å². The van der Waals surface area contributed by atoms with Gasteiger partial charge in [0.1, 0.15) is 23.9 Å². The molecule has 3 heterocycles. The van der Waals surface area contributed by atoms with Crippen LogP contribution in [0.15, 0.2) is 18.9 Å². The predicted molar refractivity (Wildman–Crippen MR) is 62.1 cm³/mol. The van der Waals surface area contributed by atoms with Gasteiger partial charge in [0.2, 0.25) is 5.82 Å². The van der Waals surface area contributed by atoms with E-state index in [4.69, 9.17) is 5.73 Å². The largest absolute Gasteiger partial charge is 0.397 e. The van der Waals surface area contributed by atoms with Crippen LogP contribution in [0.2, 0.25) is 0 Å². The van der Waals surface area contributed by atoms with Crippen LogP contribution < -0.4 is 5.73 Å². The minimum Gasteiger partial charge on any atom is -0.397 e. The number of nitrogens with two attached hydrogens (primary N) is 1. The zero-order valence-corrected chi connectivity index (χ0v) is 9.49. The summed E-state index contributed by atoms with van der Waals surface area (Å²) >= 11 is 0. The second-order valence-electron chi connectivity index (χ2n) is 3.85. The van der Waals surface area contributed by atoms with Crippen molar-refractivity contribution in [3.63, 3.8) is 0 Å². The van der Waals surface area contributed by atoms with Crippen molar-refractivity contribution in [1.29, 1.82) is 0 Å². The second-order valence-corrected chi connectivity index (χ2v) is 3.85. The first-order chi connectivity index (χ1) is 8.16. The Morgan fingerprint density at radius 2 is 2.06 bits per heavy atom. The van der Waals surface area contributed by atoms with E-state index in [1.54, 1.807) is 28.0 Å². The van der Waals surface area contributed by atoms with Gasteiger partial charge in [0, 0.05) is 12.6 Å². The highest BCUT2D eigenvalue weighted by molar-refractivity contribution is 5.76. The number of imidazole rings is 1. The van der Waals surface area contributed by atoms with Gasteiger partial charge < -0.3 is 5.73 Å². The molecule has 0 unspecified atom stereocenters. The Morgan fingerprint density at radius 3 is 2.76 bits per heavy atom. The minimum atomic E-state index is 0.562. The highest BCUT2D eigenvalue weighted by Crippen LogP contribution is 2.25. The van der Waals surface area contributed by atoms with E-state index in [1.807, 2.05) is 14.0 Å². The lowest BCUT2D eigenvalue weighted by Crippen LogP contribution is -2.03. The number of aromatic nitrogens is 6. The molecule has 17 heavy (non-hydrogen) atoms. The van der Waals surface area contributed by atoms with E-state index >= 15 is 0 Å². The number of hydrogen-bond acceptors (Lipinski definition) is 5. The summed E-state index contributed by atoms with van der Waals surface area (Å²) in [7, 11) is 1.81. The zero-order valence-electron chi connectivity index (χ0n) is 9.49.